The van der Waals surface area contributed by atoms with Crippen molar-refractivity contribution in [3.8, 4) is 22.3 Å². The lowest BCUT2D eigenvalue weighted by atomic mass is 9.85. The highest BCUT2D eigenvalue weighted by atomic mass is 32.1. The van der Waals surface area contributed by atoms with Crippen LogP contribution in [0.2, 0.25) is 0 Å². The highest BCUT2D eigenvalue weighted by molar-refractivity contribution is 7.13. The smallest absolute Gasteiger partial charge is 0.417 e. The third kappa shape index (κ3) is 11.3. The number of carbonyl (C=O) groups is 4. The summed E-state index contributed by atoms with van der Waals surface area (Å²) in [4.78, 5) is 68.9. The number of halogens is 3. The molecule has 1 aromatic heterocycles. The van der Waals surface area contributed by atoms with Gasteiger partial charge in [-0.25, -0.2) is 14.7 Å². The van der Waals surface area contributed by atoms with Crippen molar-refractivity contribution >= 4 is 46.5 Å². The van der Waals surface area contributed by atoms with Crippen LogP contribution in [-0.2, 0) is 30.0 Å². The number of β-amino-alcohol motifs (C(OH)–C–C–N with tert-alkyl or cyclic N) is 1. The van der Waals surface area contributed by atoms with Gasteiger partial charge >= 0.3 is 12.2 Å². The molecule has 0 radical (unpaired) electrons. The van der Waals surface area contributed by atoms with Gasteiger partial charge in [-0.05, 0) is 81.3 Å². The summed E-state index contributed by atoms with van der Waals surface area (Å²) in [6, 6.07) is 16.2. The maximum absolute atomic E-state index is 14.3. The van der Waals surface area contributed by atoms with Crippen LogP contribution in [-0.4, -0.2) is 150 Å². The van der Waals surface area contributed by atoms with Gasteiger partial charge in [0.15, 0.2) is 0 Å². The Balaban J connectivity index is 0.744. The molecule has 4 saturated heterocycles. The molecule has 0 unspecified atom stereocenters. The Morgan fingerprint density at radius 2 is 1.65 bits per heavy atom. The van der Waals surface area contributed by atoms with E-state index in [1.54, 1.807) is 35.6 Å². The molecule has 3 aromatic carbocycles. The number of amides is 5. The topological polar surface area (TPSA) is 193 Å². The van der Waals surface area contributed by atoms with E-state index in [2.05, 4.69) is 31.5 Å². The second kappa shape index (κ2) is 21.3. The lowest BCUT2D eigenvalue weighted by Crippen LogP contribution is -2.55. The first-order chi connectivity index (χ1) is 35.6. The van der Waals surface area contributed by atoms with Crippen LogP contribution < -0.4 is 25.2 Å². The standard InChI is InChI=1S/C54H62F3N9O8S/c1-32(34-7-9-35(10-8-34)46-33(2)59-31-75-46)60-48(68)45-22-40(67)26-64(45)49(69)47-52(3,4)23-37(61-47)25-62-17-19-72-42(27-62)28-63-18-20-73-43(29-63)30-74-41-15-13-38(14-16-41)66-51(71)65(50(70)53(66,5)6)39-12-11-36(24-58)44(21-39)54(55,56)57/h7-16,21,23,31-32,40,42-43,45,47,61,67H,17-20,22,25-30H2,1-6H3,(H,60,68)/t32-,40+,42+,43-,45-,47+/m0/s1. The number of hydrogen-bond acceptors (Lipinski definition) is 14. The molecule has 75 heavy (non-hydrogen) atoms. The van der Waals surface area contributed by atoms with Crippen molar-refractivity contribution in [1.29, 1.82) is 5.26 Å². The van der Waals surface area contributed by atoms with E-state index in [0.29, 0.717) is 74.9 Å². The first kappa shape index (κ1) is 53.4. The summed E-state index contributed by atoms with van der Waals surface area (Å²) >= 11 is 1.58. The zero-order valence-corrected chi connectivity index (χ0v) is 43.5. The van der Waals surface area contributed by atoms with Crippen LogP contribution in [0.25, 0.3) is 10.4 Å². The van der Waals surface area contributed by atoms with Crippen LogP contribution in [0, 0.1) is 23.7 Å². The summed E-state index contributed by atoms with van der Waals surface area (Å²) < 4.78 is 59.7. The lowest BCUT2D eigenvalue weighted by molar-refractivity contribution is -0.141. The number of alkyl halides is 3. The third-order valence-electron chi connectivity index (χ3n) is 14.7. The number of nitrogens with zero attached hydrogens (tertiary/aromatic N) is 7. The van der Waals surface area contributed by atoms with Crippen molar-refractivity contribution in [3.05, 3.63) is 106 Å². The Morgan fingerprint density at radius 1 is 0.973 bits per heavy atom. The summed E-state index contributed by atoms with van der Waals surface area (Å²) in [6.07, 6.45) is -3.79. The zero-order valence-electron chi connectivity index (χ0n) is 42.7. The third-order valence-corrected chi connectivity index (χ3v) is 15.7. The molecule has 6 heterocycles. The molecule has 6 atom stereocenters. The number of likely N-dealkylation sites (tertiary alicyclic amines) is 1. The quantitative estimate of drug-likeness (QED) is 0.120. The van der Waals surface area contributed by atoms with E-state index in [1.165, 1.54) is 29.7 Å². The molecule has 5 aliphatic heterocycles. The van der Waals surface area contributed by atoms with Gasteiger partial charge < -0.3 is 34.9 Å². The minimum absolute atomic E-state index is 0.0712. The minimum Gasteiger partial charge on any atom is -0.491 e. The fourth-order valence-corrected chi connectivity index (χ4v) is 11.5. The number of aryl methyl sites for hydroxylation is 1. The van der Waals surface area contributed by atoms with Gasteiger partial charge in [0.05, 0.1) is 70.4 Å². The number of nitriles is 1. The van der Waals surface area contributed by atoms with Crippen molar-refractivity contribution in [2.75, 3.05) is 75.4 Å². The van der Waals surface area contributed by atoms with Gasteiger partial charge in [-0.15, -0.1) is 11.3 Å². The van der Waals surface area contributed by atoms with Crippen LogP contribution in [0.5, 0.6) is 5.75 Å². The number of rotatable bonds is 14. The zero-order chi connectivity index (χ0) is 53.6. The maximum atomic E-state index is 14.3. The minimum atomic E-state index is -4.87. The number of benzene rings is 3. The number of carbonyl (C=O) groups excluding carboxylic acids is 4. The van der Waals surface area contributed by atoms with Crippen molar-refractivity contribution in [2.24, 2.45) is 5.41 Å². The Labute approximate surface area is 437 Å². The number of aliphatic hydroxyl groups is 1. The molecule has 0 bridgehead atoms. The fraction of sp³-hybridized carbons (Fsp3) is 0.481. The van der Waals surface area contributed by atoms with E-state index >= 15 is 0 Å². The number of urea groups is 1. The second-order valence-corrected chi connectivity index (χ2v) is 21.9. The molecular weight excluding hydrogens is 992 g/mol. The van der Waals surface area contributed by atoms with Gasteiger partial charge in [-0.1, -0.05) is 44.2 Å². The highest BCUT2D eigenvalue weighted by Gasteiger charge is 2.53. The van der Waals surface area contributed by atoms with Crippen LogP contribution >= 0.6 is 11.3 Å². The second-order valence-electron chi connectivity index (χ2n) is 21.0. The van der Waals surface area contributed by atoms with Crippen LogP contribution in [0.15, 0.2) is 84.0 Å². The lowest BCUT2D eigenvalue weighted by Gasteiger charge is -2.38. The number of ether oxygens (including phenoxy) is 3. The highest BCUT2D eigenvalue weighted by Crippen LogP contribution is 2.40. The van der Waals surface area contributed by atoms with Crippen LogP contribution in [0.3, 0.4) is 0 Å². The molecule has 0 saturated carbocycles. The number of imide groups is 1. The van der Waals surface area contributed by atoms with Gasteiger partial charge in [-0.3, -0.25) is 29.1 Å². The largest absolute Gasteiger partial charge is 0.491 e. The molecule has 21 heteroatoms. The number of aromatic nitrogens is 1. The van der Waals surface area contributed by atoms with E-state index in [4.69, 9.17) is 14.2 Å². The number of hydrogen-bond donors (Lipinski definition) is 3. The van der Waals surface area contributed by atoms with Gasteiger partial charge in [0.2, 0.25) is 11.8 Å². The number of nitrogens with one attached hydrogen (secondary N) is 2. The van der Waals surface area contributed by atoms with Gasteiger partial charge in [-0.2, -0.15) is 18.4 Å². The first-order valence-corrected chi connectivity index (χ1v) is 26.0. The van der Waals surface area contributed by atoms with E-state index in [9.17, 15) is 42.7 Å². The van der Waals surface area contributed by atoms with Gasteiger partial charge in [0, 0.05) is 69.0 Å². The first-order valence-electron chi connectivity index (χ1n) is 25.1. The Morgan fingerprint density at radius 3 is 2.33 bits per heavy atom. The number of morpholine rings is 2. The number of thiazole rings is 1. The molecule has 4 aromatic rings. The van der Waals surface area contributed by atoms with E-state index < -0.39 is 58.4 Å². The Bertz CT molecular complexity index is 2870. The summed E-state index contributed by atoms with van der Waals surface area (Å²) in [6.45, 7) is 16.1. The molecule has 9 rings (SSSR count). The predicted molar refractivity (Wildman–Crippen MR) is 274 cm³/mol. The summed E-state index contributed by atoms with van der Waals surface area (Å²) in [7, 11) is 0. The van der Waals surface area contributed by atoms with E-state index in [-0.39, 0.29) is 55.3 Å². The SMILES string of the molecule is Cc1ncsc1-c1ccc([C@H](C)NC(=O)[C@@H]2C[C@@H](O)CN2C(=O)[C@H]2NC(CN3CCO[C@@H](CN4CCO[C@H](COc5ccc(N6C(=O)N(c7ccc(C#N)c(C(F)(F)F)c7)C(=O)C6(C)C)cc5)C4)C3)=CC2(C)C)cc1. The van der Waals surface area contributed by atoms with Crippen LogP contribution in [0.4, 0.5) is 29.3 Å². The molecule has 5 amide bonds. The van der Waals surface area contributed by atoms with E-state index in [0.717, 1.165) is 39.5 Å². The molecule has 5 aliphatic rings. The van der Waals surface area contributed by atoms with Crippen molar-refractivity contribution in [2.45, 2.75) is 96.1 Å². The normalized spacial score (nSPS) is 24.5. The molecule has 398 valence electrons. The van der Waals surface area contributed by atoms with Crippen molar-refractivity contribution < 1.29 is 51.7 Å². The summed E-state index contributed by atoms with van der Waals surface area (Å²) in [5, 5.41) is 26.6. The summed E-state index contributed by atoms with van der Waals surface area (Å²) in [5.74, 6) is -0.777. The Hall–Kier alpha value is -6.41. The van der Waals surface area contributed by atoms with Crippen LogP contribution in [0.1, 0.15) is 69.5 Å². The predicted octanol–water partition coefficient (Wildman–Crippen LogP) is 6.26. The monoisotopic (exact) mass is 1050 g/mol. The molecule has 0 spiro atoms. The average molecular weight is 1050 g/mol. The number of anilines is 2. The fourth-order valence-electron chi connectivity index (χ4n) is 10.7. The maximum Gasteiger partial charge on any atom is 0.417 e. The number of aliphatic hydroxyl groups excluding tert-OH is 1. The molecule has 17 nitrogen and oxygen atoms in total. The Kier molecular flexibility index (Phi) is 15.2. The van der Waals surface area contributed by atoms with Crippen molar-refractivity contribution in [1.82, 2.24) is 30.3 Å². The molecule has 0 aliphatic carbocycles. The molecular formula is C54H62F3N9O8S. The summed E-state index contributed by atoms with van der Waals surface area (Å²) in [5.41, 5.74) is 1.85. The molecule has 4 fully saturated rings. The van der Waals surface area contributed by atoms with Crippen molar-refractivity contribution in [3.63, 3.8) is 0 Å². The van der Waals surface area contributed by atoms with E-state index in [1.807, 2.05) is 57.5 Å². The van der Waals surface area contributed by atoms with Gasteiger partial charge in [0.25, 0.3) is 5.91 Å². The average Bonchev–Trinajstić information content (AvgIpc) is 4.11. The van der Waals surface area contributed by atoms with Gasteiger partial charge in [0.1, 0.15) is 36.1 Å². The molecule has 3 N–H and O–H groups in total.